The van der Waals surface area contributed by atoms with Gasteiger partial charge in [-0.3, -0.25) is 14.0 Å². The Hall–Kier alpha value is -2.69. The van der Waals surface area contributed by atoms with Gasteiger partial charge in [0.1, 0.15) is 5.82 Å². The van der Waals surface area contributed by atoms with Crippen LogP contribution in [0, 0.1) is 5.82 Å². The van der Waals surface area contributed by atoms with Crippen molar-refractivity contribution in [2.75, 3.05) is 23.7 Å². The van der Waals surface area contributed by atoms with E-state index in [0.29, 0.717) is 36.0 Å². The number of hydrogen-bond donors (Lipinski definition) is 2. The van der Waals surface area contributed by atoms with Crippen LogP contribution in [0.2, 0.25) is 10.0 Å². The highest BCUT2D eigenvalue weighted by atomic mass is 35.5. The fraction of sp³-hybridized carbons (Fsp3) is 0.345. The number of sulfonamides is 1. The summed E-state index contributed by atoms with van der Waals surface area (Å²) in [6, 6.07) is 17.5. The highest BCUT2D eigenvalue weighted by molar-refractivity contribution is 7.92. The van der Waals surface area contributed by atoms with Crippen LogP contribution >= 0.6 is 23.2 Å². The van der Waals surface area contributed by atoms with Crippen LogP contribution in [0.1, 0.15) is 46.8 Å². The van der Waals surface area contributed by atoms with E-state index in [2.05, 4.69) is 10.2 Å². The molecule has 2 fully saturated rings. The number of nitrogens with one attached hydrogen (secondary N) is 1. The summed E-state index contributed by atoms with van der Waals surface area (Å²) in [5.74, 6) is -1.28. The quantitative estimate of drug-likeness (QED) is 0.376. The molecule has 1 heterocycles. The van der Waals surface area contributed by atoms with Gasteiger partial charge in [0.25, 0.3) is 5.91 Å². The Morgan fingerprint density at radius 2 is 1.57 bits per heavy atom. The third kappa shape index (κ3) is 6.29. The molecule has 0 bridgehead atoms. The summed E-state index contributed by atoms with van der Waals surface area (Å²) in [5.41, 5.74) is 2.04. The van der Waals surface area contributed by atoms with E-state index in [1.54, 1.807) is 0 Å². The summed E-state index contributed by atoms with van der Waals surface area (Å²) in [5, 5.41) is 14.0. The number of aliphatic hydroxyl groups is 1. The van der Waals surface area contributed by atoms with Gasteiger partial charge in [0.05, 0.1) is 36.2 Å². The van der Waals surface area contributed by atoms with Crippen molar-refractivity contribution >= 4 is 44.8 Å². The van der Waals surface area contributed by atoms with Crippen molar-refractivity contribution in [3.8, 4) is 0 Å². The predicted octanol–water partition coefficient (Wildman–Crippen LogP) is 5.02. The van der Waals surface area contributed by atoms with Gasteiger partial charge >= 0.3 is 0 Å². The lowest BCUT2D eigenvalue weighted by atomic mass is 9.93. The molecule has 1 saturated heterocycles. The van der Waals surface area contributed by atoms with E-state index < -0.39 is 39.9 Å². The number of benzene rings is 3. The largest absolute Gasteiger partial charge is 0.391 e. The van der Waals surface area contributed by atoms with Crippen LogP contribution in [0.5, 0.6) is 0 Å². The van der Waals surface area contributed by atoms with Crippen molar-refractivity contribution in [1.82, 2.24) is 10.2 Å². The van der Waals surface area contributed by atoms with Crippen molar-refractivity contribution in [3.05, 3.63) is 99.3 Å². The van der Waals surface area contributed by atoms with Crippen LogP contribution < -0.4 is 9.62 Å². The number of aliphatic hydroxyl groups excluding tert-OH is 1. The first-order chi connectivity index (χ1) is 19.0. The molecule has 212 valence electrons. The highest BCUT2D eigenvalue weighted by Gasteiger charge is 2.41. The number of amides is 1. The van der Waals surface area contributed by atoms with E-state index in [1.165, 1.54) is 10.4 Å². The Kier molecular flexibility index (Phi) is 8.40. The van der Waals surface area contributed by atoms with Crippen LogP contribution in [-0.2, 0) is 10.0 Å². The zero-order valence-electron chi connectivity index (χ0n) is 21.8. The number of likely N-dealkylation sites (tertiary alicyclic amines) is 1. The van der Waals surface area contributed by atoms with Crippen molar-refractivity contribution in [2.24, 2.45) is 0 Å². The van der Waals surface area contributed by atoms with Crippen LogP contribution in [0.25, 0.3) is 0 Å². The second-order valence-electron chi connectivity index (χ2n) is 10.4. The fourth-order valence-corrected chi connectivity index (χ4v) is 7.03. The summed E-state index contributed by atoms with van der Waals surface area (Å²) >= 11 is 12.2. The molecule has 3 aromatic rings. The van der Waals surface area contributed by atoms with Gasteiger partial charge in [-0.1, -0.05) is 47.5 Å². The lowest BCUT2D eigenvalue weighted by Crippen LogP contribution is -2.61. The van der Waals surface area contributed by atoms with Crippen LogP contribution in [-0.4, -0.2) is 61.9 Å². The Balaban J connectivity index is 1.40. The molecule has 2 aliphatic rings. The molecular weight excluding hydrogens is 576 g/mol. The zero-order valence-corrected chi connectivity index (χ0v) is 24.1. The maximum Gasteiger partial charge on any atom is 0.251 e. The molecule has 2 N–H and O–H groups in total. The number of hydrogen-bond acceptors (Lipinski definition) is 5. The van der Waals surface area contributed by atoms with E-state index in [-0.39, 0.29) is 17.3 Å². The number of nitrogens with zero attached hydrogens (tertiary/aromatic N) is 2. The number of carbonyl (C=O) groups is 1. The van der Waals surface area contributed by atoms with Crippen LogP contribution in [0.4, 0.5) is 10.1 Å². The molecule has 0 aromatic heterocycles. The monoisotopic (exact) mass is 605 g/mol. The van der Waals surface area contributed by atoms with E-state index in [0.717, 1.165) is 35.9 Å². The Morgan fingerprint density at radius 3 is 2.08 bits per heavy atom. The number of halogens is 3. The number of carbonyl (C=O) groups excluding carboxylic acids is 1. The molecule has 40 heavy (non-hydrogen) atoms. The molecule has 5 rings (SSSR count). The first-order valence-electron chi connectivity index (χ1n) is 13.0. The molecule has 7 nitrogen and oxygen atoms in total. The molecule has 0 unspecified atom stereocenters. The van der Waals surface area contributed by atoms with Gasteiger partial charge in [-0.2, -0.15) is 0 Å². The molecule has 2 atom stereocenters. The third-order valence-electron chi connectivity index (χ3n) is 7.51. The van der Waals surface area contributed by atoms with E-state index in [9.17, 15) is 22.7 Å². The van der Waals surface area contributed by atoms with Gasteiger partial charge in [-0.15, -0.1) is 0 Å². The molecule has 1 amide bonds. The first kappa shape index (κ1) is 28.8. The standard InChI is InChI=1S/C29H30Cl2FN3O4S/c1-40(38,39)35(24-14-20(13-23(32)15-24)29(37)33-26-3-2-4-27(26)36)25-16-34(17-25)28(18-5-9-21(30)10-6-18)19-7-11-22(31)12-8-19/h5-15,25-28,36H,2-4,16-17H2,1H3,(H,33,37)/t26-,27-/m0/s1. The van der Waals surface area contributed by atoms with Gasteiger partial charge in [0.15, 0.2) is 0 Å². The Labute approximate surface area is 243 Å². The van der Waals surface area contributed by atoms with Gasteiger partial charge < -0.3 is 10.4 Å². The van der Waals surface area contributed by atoms with Crippen LogP contribution in [0.15, 0.2) is 66.7 Å². The number of anilines is 1. The third-order valence-corrected chi connectivity index (χ3v) is 9.24. The Bertz CT molecular complexity index is 1440. The first-order valence-corrected chi connectivity index (χ1v) is 15.6. The second-order valence-corrected chi connectivity index (χ2v) is 13.2. The molecule has 11 heteroatoms. The van der Waals surface area contributed by atoms with Crippen molar-refractivity contribution in [2.45, 2.75) is 43.5 Å². The van der Waals surface area contributed by atoms with E-state index in [1.807, 2.05) is 48.5 Å². The topological polar surface area (TPSA) is 90.0 Å². The van der Waals surface area contributed by atoms with Crippen molar-refractivity contribution < 1.29 is 22.7 Å². The average molecular weight is 607 g/mol. The number of rotatable bonds is 8. The maximum atomic E-state index is 14.7. The lowest BCUT2D eigenvalue weighted by Gasteiger charge is -2.48. The molecule has 3 aromatic carbocycles. The van der Waals surface area contributed by atoms with Gasteiger partial charge in [0.2, 0.25) is 10.0 Å². The molecule has 1 saturated carbocycles. The SMILES string of the molecule is CS(=O)(=O)N(c1cc(F)cc(C(=O)N[C@H]2CCC[C@@H]2O)c1)C1CN(C(c2ccc(Cl)cc2)c2ccc(Cl)cc2)C1. The molecule has 0 radical (unpaired) electrons. The minimum atomic E-state index is -3.82. The summed E-state index contributed by atoms with van der Waals surface area (Å²) in [4.78, 5) is 15.0. The summed E-state index contributed by atoms with van der Waals surface area (Å²) in [7, 11) is -3.82. The van der Waals surface area contributed by atoms with E-state index in [4.69, 9.17) is 23.2 Å². The average Bonchev–Trinajstić information content (AvgIpc) is 3.27. The lowest BCUT2D eigenvalue weighted by molar-refractivity contribution is 0.0872. The summed E-state index contributed by atoms with van der Waals surface area (Å²) in [6.45, 7) is 0.741. The maximum absolute atomic E-state index is 14.7. The molecular formula is C29H30Cl2FN3O4S. The second kappa shape index (κ2) is 11.7. The predicted molar refractivity (Wildman–Crippen MR) is 155 cm³/mol. The minimum Gasteiger partial charge on any atom is -0.391 e. The minimum absolute atomic E-state index is 0.000801. The highest BCUT2D eigenvalue weighted by Crippen LogP contribution is 2.37. The normalized spacial score (nSPS) is 19.9. The molecule has 0 spiro atoms. The van der Waals surface area contributed by atoms with Gasteiger partial charge in [-0.05, 0) is 72.9 Å². The molecule has 1 aliphatic heterocycles. The van der Waals surface area contributed by atoms with Crippen LogP contribution in [0.3, 0.4) is 0 Å². The Morgan fingerprint density at radius 1 is 1.00 bits per heavy atom. The molecule has 1 aliphatic carbocycles. The smallest absolute Gasteiger partial charge is 0.251 e. The summed E-state index contributed by atoms with van der Waals surface area (Å²) < 4.78 is 41.9. The zero-order chi connectivity index (χ0) is 28.6. The van der Waals surface area contributed by atoms with Crippen molar-refractivity contribution in [3.63, 3.8) is 0 Å². The van der Waals surface area contributed by atoms with E-state index >= 15 is 0 Å². The fourth-order valence-electron chi connectivity index (χ4n) is 5.62. The van der Waals surface area contributed by atoms with Gasteiger partial charge in [0, 0.05) is 28.7 Å². The van der Waals surface area contributed by atoms with Crippen molar-refractivity contribution in [1.29, 1.82) is 0 Å². The van der Waals surface area contributed by atoms with Gasteiger partial charge in [-0.25, -0.2) is 12.8 Å². The summed E-state index contributed by atoms with van der Waals surface area (Å²) in [6.07, 6.45) is 2.43.